The van der Waals surface area contributed by atoms with Gasteiger partial charge in [0, 0.05) is 18.0 Å². The molecule has 0 bridgehead atoms. The maximum absolute atomic E-state index is 14.2. The monoisotopic (exact) mass is 425 g/mol. The normalized spacial score (nSPS) is 20.5. The van der Waals surface area contributed by atoms with Crippen LogP contribution in [-0.2, 0) is 6.18 Å². The van der Waals surface area contributed by atoms with Crippen molar-refractivity contribution < 1.29 is 39.9 Å². The molecule has 1 fully saturated rings. The molecule has 0 N–H and O–H groups in total. The van der Waals surface area contributed by atoms with E-state index in [0.29, 0.717) is 10.5 Å². The van der Waals surface area contributed by atoms with E-state index < -0.39 is 48.1 Å². The number of nitrogens with zero attached hydrogens (tertiary/aromatic N) is 5. The lowest BCUT2D eigenvalue weighted by atomic mass is 9.85. The van der Waals surface area contributed by atoms with Gasteiger partial charge in [-0.15, -0.1) is 10.2 Å². The predicted molar refractivity (Wildman–Crippen MR) is 77.9 cm³/mol. The number of halogens is 8. The maximum Gasteiger partial charge on any atom is 0.452 e. The lowest BCUT2D eigenvalue weighted by molar-refractivity contribution is -0.324. The average Bonchev–Trinajstić information content (AvgIpc) is 3.06. The standard InChI is InChI=1S/C15H7F8N5O/c16-7-1-6(3-25-11(7)29-9-2-13(17,18)14(9,19)20)8-5-28-10(4-24-8)26-27-12(28)15(21,22)23/h1,3-5,9H,2H2/t9-/m0/s1. The molecule has 0 unspecified atom stereocenters. The van der Waals surface area contributed by atoms with Crippen molar-refractivity contribution in [3.63, 3.8) is 0 Å². The minimum absolute atomic E-state index is 0.121. The molecule has 0 spiro atoms. The van der Waals surface area contributed by atoms with E-state index in [1.807, 2.05) is 0 Å². The van der Waals surface area contributed by atoms with Gasteiger partial charge in [-0.05, 0) is 6.07 Å². The van der Waals surface area contributed by atoms with Crippen LogP contribution in [0.2, 0.25) is 0 Å². The summed E-state index contributed by atoms with van der Waals surface area (Å²) in [7, 11) is 0. The Balaban J connectivity index is 1.63. The van der Waals surface area contributed by atoms with Crippen LogP contribution in [0.1, 0.15) is 12.2 Å². The van der Waals surface area contributed by atoms with Gasteiger partial charge in [0.05, 0.1) is 18.3 Å². The molecule has 4 rings (SSSR count). The predicted octanol–water partition coefficient (Wildman–Crippen LogP) is 3.77. The summed E-state index contributed by atoms with van der Waals surface area (Å²) in [5.74, 6) is -12.3. The highest BCUT2D eigenvalue weighted by atomic mass is 19.4. The molecular weight excluding hydrogens is 418 g/mol. The Bertz CT molecular complexity index is 1100. The summed E-state index contributed by atoms with van der Waals surface area (Å²) in [5.41, 5.74) is -0.506. The Labute approximate surface area is 155 Å². The quantitative estimate of drug-likeness (QED) is 0.598. The lowest BCUT2D eigenvalue weighted by Gasteiger charge is -2.42. The van der Waals surface area contributed by atoms with E-state index in [0.717, 1.165) is 18.6 Å². The van der Waals surface area contributed by atoms with Crippen molar-refractivity contribution in [3.8, 4) is 17.1 Å². The van der Waals surface area contributed by atoms with E-state index >= 15 is 0 Å². The van der Waals surface area contributed by atoms with Crippen molar-refractivity contribution in [2.75, 3.05) is 0 Å². The van der Waals surface area contributed by atoms with Crippen LogP contribution in [0.3, 0.4) is 0 Å². The first-order chi connectivity index (χ1) is 13.4. The van der Waals surface area contributed by atoms with Gasteiger partial charge in [0.2, 0.25) is 5.82 Å². The van der Waals surface area contributed by atoms with Gasteiger partial charge in [-0.1, -0.05) is 0 Å². The zero-order valence-electron chi connectivity index (χ0n) is 13.8. The molecule has 29 heavy (non-hydrogen) atoms. The molecule has 1 aliphatic carbocycles. The summed E-state index contributed by atoms with van der Waals surface area (Å²) in [6.07, 6.45) is -5.65. The van der Waals surface area contributed by atoms with Gasteiger partial charge in [0.1, 0.15) is 0 Å². The molecule has 1 aliphatic rings. The van der Waals surface area contributed by atoms with Crippen molar-refractivity contribution in [1.29, 1.82) is 0 Å². The molecule has 1 saturated carbocycles. The van der Waals surface area contributed by atoms with Gasteiger partial charge in [-0.3, -0.25) is 9.38 Å². The van der Waals surface area contributed by atoms with Crippen LogP contribution in [0.4, 0.5) is 35.1 Å². The molecule has 14 heteroatoms. The summed E-state index contributed by atoms with van der Waals surface area (Å²) in [6.45, 7) is 0. The van der Waals surface area contributed by atoms with Gasteiger partial charge in [0.25, 0.3) is 5.88 Å². The molecule has 6 nitrogen and oxygen atoms in total. The molecule has 1 atom stereocenters. The number of hydrogen-bond acceptors (Lipinski definition) is 5. The van der Waals surface area contributed by atoms with E-state index in [2.05, 4.69) is 24.9 Å². The third-order valence-electron chi connectivity index (χ3n) is 4.24. The van der Waals surface area contributed by atoms with Crippen LogP contribution < -0.4 is 4.74 Å². The van der Waals surface area contributed by atoms with Gasteiger partial charge in [-0.2, -0.15) is 30.7 Å². The van der Waals surface area contributed by atoms with Crippen molar-refractivity contribution in [3.05, 3.63) is 36.3 Å². The molecule has 154 valence electrons. The van der Waals surface area contributed by atoms with Crippen molar-refractivity contribution in [2.24, 2.45) is 0 Å². The third kappa shape index (κ3) is 3.02. The van der Waals surface area contributed by atoms with Gasteiger partial charge < -0.3 is 4.74 Å². The molecule has 0 amide bonds. The molecule has 3 aromatic rings. The van der Waals surface area contributed by atoms with Gasteiger partial charge in [0.15, 0.2) is 17.6 Å². The van der Waals surface area contributed by atoms with E-state index in [-0.39, 0.29) is 16.9 Å². The van der Waals surface area contributed by atoms with Crippen LogP contribution in [0, 0.1) is 5.82 Å². The summed E-state index contributed by atoms with van der Waals surface area (Å²) in [4.78, 5) is 7.27. The average molecular weight is 425 g/mol. The van der Waals surface area contributed by atoms with E-state index in [1.54, 1.807) is 0 Å². The number of alkyl halides is 7. The Morgan fingerprint density at radius 1 is 1.07 bits per heavy atom. The number of hydrogen-bond donors (Lipinski definition) is 0. The Hall–Kier alpha value is -3.06. The molecule has 0 radical (unpaired) electrons. The first kappa shape index (κ1) is 19.3. The van der Waals surface area contributed by atoms with Crippen molar-refractivity contribution >= 4 is 5.65 Å². The minimum Gasteiger partial charge on any atom is -0.465 e. The summed E-state index contributed by atoms with van der Waals surface area (Å²) in [6, 6.07) is 0.711. The van der Waals surface area contributed by atoms with Gasteiger partial charge >= 0.3 is 18.0 Å². The Morgan fingerprint density at radius 2 is 1.79 bits per heavy atom. The summed E-state index contributed by atoms with van der Waals surface area (Å²) < 4.78 is 110. The summed E-state index contributed by atoms with van der Waals surface area (Å²) in [5, 5.41) is 6.33. The van der Waals surface area contributed by atoms with Crippen molar-refractivity contribution in [1.82, 2.24) is 24.6 Å². The van der Waals surface area contributed by atoms with Crippen LogP contribution in [0.15, 0.2) is 24.7 Å². The second-order valence-corrected chi connectivity index (χ2v) is 6.17. The number of rotatable bonds is 3. The number of pyridine rings is 1. The molecule has 3 heterocycles. The Morgan fingerprint density at radius 3 is 2.38 bits per heavy atom. The number of fused-ring (bicyclic) bond motifs is 1. The third-order valence-corrected chi connectivity index (χ3v) is 4.24. The minimum atomic E-state index is -4.81. The highest BCUT2D eigenvalue weighted by Crippen LogP contribution is 2.52. The first-order valence-corrected chi connectivity index (χ1v) is 7.76. The number of aromatic nitrogens is 5. The van der Waals surface area contributed by atoms with E-state index in [1.165, 1.54) is 0 Å². The van der Waals surface area contributed by atoms with E-state index in [4.69, 9.17) is 0 Å². The molecular formula is C15H7F8N5O. The molecule has 0 aromatic carbocycles. The fourth-order valence-electron chi connectivity index (χ4n) is 2.65. The summed E-state index contributed by atoms with van der Waals surface area (Å²) >= 11 is 0. The molecule has 3 aromatic heterocycles. The highest BCUT2D eigenvalue weighted by Gasteiger charge is 2.73. The first-order valence-electron chi connectivity index (χ1n) is 7.76. The zero-order valence-corrected chi connectivity index (χ0v) is 13.8. The fraction of sp³-hybridized carbons (Fsp3) is 0.333. The smallest absolute Gasteiger partial charge is 0.452 e. The Kier molecular flexibility index (Phi) is 3.96. The van der Waals surface area contributed by atoms with Crippen LogP contribution >= 0.6 is 0 Å². The molecule has 0 saturated heterocycles. The maximum atomic E-state index is 14.2. The second-order valence-electron chi connectivity index (χ2n) is 6.17. The lowest BCUT2D eigenvalue weighted by Crippen LogP contribution is -2.64. The van der Waals surface area contributed by atoms with Crippen LogP contribution in [0.5, 0.6) is 5.88 Å². The SMILES string of the molecule is Fc1cc(-c2cn3c(C(F)(F)F)nnc3cn2)cnc1O[C@H]1CC(F)(F)C1(F)F. The number of ether oxygens (including phenoxy) is 1. The van der Waals surface area contributed by atoms with E-state index in [9.17, 15) is 35.1 Å². The van der Waals surface area contributed by atoms with Crippen LogP contribution in [-0.4, -0.2) is 42.5 Å². The fourth-order valence-corrected chi connectivity index (χ4v) is 2.65. The molecule has 0 aliphatic heterocycles. The second kappa shape index (κ2) is 5.97. The topological polar surface area (TPSA) is 65.2 Å². The highest BCUT2D eigenvalue weighted by molar-refractivity contribution is 5.59. The van der Waals surface area contributed by atoms with Crippen LogP contribution in [0.25, 0.3) is 16.9 Å². The van der Waals surface area contributed by atoms with Crippen molar-refractivity contribution in [2.45, 2.75) is 30.5 Å². The largest absolute Gasteiger partial charge is 0.465 e. The van der Waals surface area contributed by atoms with Gasteiger partial charge in [-0.25, -0.2) is 9.37 Å². The zero-order chi connectivity index (χ0) is 21.2.